The average Bonchev–Trinajstić information content (AvgIpc) is 3.53. The fourth-order valence-electron chi connectivity index (χ4n) is 2.71. The lowest BCUT2D eigenvalue weighted by atomic mass is 10.1. The molecule has 2 aromatic carbocycles. The molecule has 28 heavy (non-hydrogen) atoms. The number of rotatable bonds is 5. The molecular formula is C21H27N5O2. The van der Waals surface area contributed by atoms with Gasteiger partial charge in [-0.1, -0.05) is 30.3 Å². The molecule has 4 rings (SSSR count). The number of anilines is 2. The van der Waals surface area contributed by atoms with E-state index < -0.39 is 5.91 Å². The molecule has 4 N–H and O–H groups in total. The van der Waals surface area contributed by atoms with Crippen molar-refractivity contribution < 1.29 is 15.3 Å². The molecule has 0 atom stereocenters. The van der Waals surface area contributed by atoms with E-state index in [0.29, 0.717) is 23.0 Å². The maximum absolute atomic E-state index is 12.5. The van der Waals surface area contributed by atoms with Gasteiger partial charge >= 0.3 is 0 Å². The summed E-state index contributed by atoms with van der Waals surface area (Å²) in [5.74, 6) is -0.462. The lowest BCUT2D eigenvalue weighted by molar-refractivity contribution is 0.0950. The number of para-hydroxylation sites is 1. The van der Waals surface area contributed by atoms with Crippen molar-refractivity contribution >= 4 is 23.3 Å². The third-order valence-electron chi connectivity index (χ3n) is 4.40. The number of amides is 2. The first kappa shape index (κ1) is 17.7. The summed E-state index contributed by atoms with van der Waals surface area (Å²) < 4.78 is 0. The number of carbonyl (C=O) groups excluding carboxylic acids is 2. The zero-order chi connectivity index (χ0) is 19.5. The summed E-state index contributed by atoms with van der Waals surface area (Å²) in [6, 6.07) is 16.4. The van der Waals surface area contributed by atoms with Gasteiger partial charge in [-0.25, -0.2) is 9.97 Å². The normalized spacial score (nSPS) is 13.0. The van der Waals surface area contributed by atoms with Crippen molar-refractivity contribution in [3.63, 3.8) is 0 Å². The fourth-order valence-corrected chi connectivity index (χ4v) is 2.71. The van der Waals surface area contributed by atoms with Gasteiger partial charge in [0.25, 0.3) is 11.8 Å². The predicted octanol–water partition coefficient (Wildman–Crippen LogP) is 3.85. The molecule has 1 aliphatic carbocycles. The summed E-state index contributed by atoms with van der Waals surface area (Å²) in [7, 11) is 0. The Hall–Kier alpha value is -3.74. The van der Waals surface area contributed by atoms with Crippen molar-refractivity contribution in [2.75, 3.05) is 11.1 Å². The molecule has 0 aliphatic heterocycles. The summed E-state index contributed by atoms with van der Waals surface area (Å²) in [6.45, 7) is 0. The molecule has 1 aromatic heterocycles. The SMILES string of the molecule is Nc1ncc(-c2ccc(C(=O)NC3CC3)cc2)nc1C(=O)Nc1ccccc1.[HH].[HH].[HH].[HH]. The molecule has 0 unspecified atom stereocenters. The van der Waals surface area contributed by atoms with E-state index in [1.807, 2.05) is 18.2 Å². The van der Waals surface area contributed by atoms with Gasteiger partial charge in [-0.05, 0) is 37.1 Å². The quantitative estimate of drug-likeness (QED) is 0.622. The van der Waals surface area contributed by atoms with Crippen LogP contribution in [0.5, 0.6) is 0 Å². The van der Waals surface area contributed by atoms with Gasteiger partial charge < -0.3 is 16.4 Å². The lowest BCUT2D eigenvalue weighted by Crippen LogP contribution is -2.25. The summed E-state index contributed by atoms with van der Waals surface area (Å²) in [5.41, 5.74) is 8.37. The van der Waals surface area contributed by atoms with Crippen LogP contribution >= 0.6 is 0 Å². The fraction of sp³-hybridized carbons (Fsp3) is 0.143. The molecule has 1 saturated carbocycles. The Morgan fingerprint density at radius 1 is 1.00 bits per heavy atom. The smallest absolute Gasteiger partial charge is 0.278 e. The summed E-state index contributed by atoms with van der Waals surface area (Å²) in [5, 5.41) is 5.70. The molecule has 0 spiro atoms. The molecule has 1 fully saturated rings. The lowest BCUT2D eigenvalue weighted by Gasteiger charge is -2.09. The Morgan fingerprint density at radius 2 is 1.71 bits per heavy atom. The van der Waals surface area contributed by atoms with Crippen molar-refractivity contribution in [2.24, 2.45) is 0 Å². The molecule has 0 saturated heterocycles. The molecule has 7 nitrogen and oxygen atoms in total. The van der Waals surface area contributed by atoms with Gasteiger partial charge in [0.2, 0.25) is 0 Å². The van der Waals surface area contributed by atoms with E-state index in [1.54, 1.807) is 36.4 Å². The number of aromatic nitrogens is 2. The van der Waals surface area contributed by atoms with Crippen molar-refractivity contribution in [1.82, 2.24) is 15.3 Å². The van der Waals surface area contributed by atoms with Crippen molar-refractivity contribution in [3.05, 3.63) is 72.1 Å². The monoisotopic (exact) mass is 381 g/mol. The number of benzene rings is 2. The Morgan fingerprint density at radius 3 is 2.39 bits per heavy atom. The average molecular weight is 381 g/mol. The van der Waals surface area contributed by atoms with Gasteiger partial charge in [-0.2, -0.15) is 0 Å². The highest BCUT2D eigenvalue weighted by Crippen LogP contribution is 2.22. The van der Waals surface area contributed by atoms with Crippen LogP contribution in [0.25, 0.3) is 11.3 Å². The minimum atomic E-state index is -0.432. The molecule has 1 heterocycles. The maximum atomic E-state index is 12.5. The third kappa shape index (κ3) is 3.98. The Balaban J connectivity index is 0.00000240. The van der Waals surface area contributed by atoms with Gasteiger partial charge in [-0.15, -0.1) is 0 Å². The zero-order valence-corrected chi connectivity index (χ0v) is 15.1. The predicted molar refractivity (Wildman–Crippen MR) is 115 cm³/mol. The number of nitrogen functional groups attached to an aromatic ring is 1. The Bertz CT molecular complexity index is 1030. The summed E-state index contributed by atoms with van der Waals surface area (Å²) in [6.07, 6.45) is 3.59. The van der Waals surface area contributed by atoms with E-state index >= 15 is 0 Å². The van der Waals surface area contributed by atoms with Crippen LogP contribution in [0.4, 0.5) is 11.5 Å². The molecule has 7 heteroatoms. The molecule has 0 radical (unpaired) electrons. The minimum Gasteiger partial charge on any atom is -0.382 e. The first-order valence-electron chi connectivity index (χ1n) is 9.00. The number of nitrogens with zero attached hydrogens (tertiary/aromatic N) is 2. The maximum Gasteiger partial charge on any atom is 0.278 e. The van der Waals surface area contributed by atoms with Gasteiger partial charge in [-0.3, -0.25) is 9.59 Å². The molecule has 3 aromatic rings. The van der Waals surface area contributed by atoms with Gasteiger partial charge in [0.15, 0.2) is 11.5 Å². The first-order chi connectivity index (χ1) is 13.6. The van der Waals surface area contributed by atoms with Crippen LogP contribution in [0.2, 0.25) is 0 Å². The van der Waals surface area contributed by atoms with Crippen LogP contribution in [0, 0.1) is 0 Å². The third-order valence-corrected chi connectivity index (χ3v) is 4.40. The second-order valence-electron chi connectivity index (χ2n) is 6.63. The minimum absolute atomic E-state index is 0. The van der Waals surface area contributed by atoms with Gasteiger partial charge in [0.1, 0.15) is 0 Å². The topological polar surface area (TPSA) is 110 Å². The van der Waals surface area contributed by atoms with Crippen LogP contribution < -0.4 is 16.4 Å². The van der Waals surface area contributed by atoms with Gasteiger partial charge in [0, 0.05) is 28.6 Å². The number of hydrogen-bond donors (Lipinski definition) is 3. The molecule has 148 valence electrons. The summed E-state index contributed by atoms with van der Waals surface area (Å²) in [4.78, 5) is 33.1. The van der Waals surface area contributed by atoms with E-state index in [-0.39, 0.29) is 23.1 Å². The van der Waals surface area contributed by atoms with Crippen LogP contribution in [0.1, 0.15) is 39.4 Å². The van der Waals surface area contributed by atoms with E-state index in [1.165, 1.54) is 6.20 Å². The second kappa shape index (κ2) is 7.48. The van der Waals surface area contributed by atoms with Crippen LogP contribution in [-0.2, 0) is 0 Å². The molecule has 1 aliphatic rings. The largest absolute Gasteiger partial charge is 0.382 e. The molecular weight excluding hydrogens is 354 g/mol. The second-order valence-corrected chi connectivity index (χ2v) is 6.63. The van der Waals surface area contributed by atoms with Crippen LogP contribution in [0.3, 0.4) is 0 Å². The van der Waals surface area contributed by atoms with E-state index in [4.69, 9.17) is 5.73 Å². The van der Waals surface area contributed by atoms with E-state index in [9.17, 15) is 9.59 Å². The highest BCUT2D eigenvalue weighted by molar-refractivity contribution is 6.06. The van der Waals surface area contributed by atoms with Crippen LogP contribution in [-0.4, -0.2) is 27.8 Å². The first-order valence-corrected chi connectivity index (χ1v) is 9.00. The highest BCUT2D eigenvalue weighted by atomic mass is 16.2. The summed E-state index contributed by atoms with van der Waals surface area (Å²) >= 11 is 0. The standard InChI is InChI=1S/C21H19N5O2.4H2/c22-19-18(21(28)25-15-4-2-1-3-5-15)26-17(12-23-19)13-6-8-14(9-7-13)20(27)24-16-10-11-16;;;;/h1-9,12,16H,10-11H2,(H2,22,23)(H,24,27)(H,25,28);4*1H. The number of nitrogens with two attached hydrogens (primary N) is 1. The van der Waals surface area contributed by atoms with Gasteiger partial charge in [0.05, 0.1) is 11.9 Å². The van der Waals surface area contributed by atoms with Crippen LogP contribution in [0.15, 0.2) is 60.8 Å². The van der Waals surface area contributed by atoms with E-state index in [2.05, 4.69) is 20.6 Å². The van der Waals surface area contributed by atoms with Crippen molar-refractivity contribution in [1.29, 1.82) is 0 Å². The van der Waals surface area contributed by atoms with Crippen molar-refractivity contribution in [3.8, 4) is 11.3 Å². The number of hydrogen-bond acceptors (Lipinski definition) is 5. The highest BCUT2D eigenvalue weighted by Gasteiger charge is 2.23. The molecule has 2 amide bonds. The molecule has 0 bridgehead atoms. The Kier molecular flexibility index (Phi) is 4.72. The zero-order valence-electron chi connectivity index (χ0n) is 15.1. The number of nitrogens with one attached hydrogen (secondary N) is 2. The Labute approximate surface area is 168 Å². The number of carbonyl (C=O) groups is 2. The van der Waals surface area contributed by atoms with Crippen molar-refractivity contribution in [2.45, 2.75) is 18.9 Å². The van der Waals surface area contributed by atoms with E-state index in [0.717, 1.165) is 18.4 Å².